The molecule has 4 rings (SSSR count). The number of pyridine rings is 1. The third-order valence-corrected chi connectivity index (χ3v) is 6.90. The molecule has 1 atom stereocenters. The maximum Gasteiger partial charge on any atom is 0.573 e. The summed E-state index contributed by atoms with van der Waals surface area (Å²) >= 11 is 6.15. The molecule has 0 spiro atoms. The van der Waals surface area contributed by atoms with Crippen molar-refractivity contribution in [2.75, 3.05) is 0 Å². The number of primary amides is 1. The molecule has 0 radical (unpaired) electrons. The number of aromatic nitrogens is 1. The van der Waals surface area contributed by atoms with Gasteiger partial charge in [-0.05, 0) is 54.7 Å². The van der Waals surface area contributed by atoms with Gasteiger partial charge in [0.2, 0.25) is 0 Å². The summed E-state index contributed by atoms with van der Waals surface area (Å²) in [6.45, 7) is 0. The summed E-state index contributed by atoms with van der Waals surface area (Å²) in [5.74, 6) is -0.353. The number of amides is 2. The molecule has 1 aliphatic carbocycles. The van der Waals surface area contributed by atoms with Crippen molar-refractivity contribution in [2.24, 2.45) is 5.73 Å². The molecule has 0 aliphatic heterocycles. The maximum atomic E-state index is 13.1. The summed E-state index contributed by atoms with van der Waals surface area (Å²) < 4.78 is 43.6. The second kappa shape index (κ2) is 9.77. The first-order valence-corrected chi connectivity index (χ1v) is 11.6. The Morgan fingerprint density at radius 3 is 2.37 bits per heavy atom. The predicted molar refractivity (Wildman–Crippen MR) is 127 cm³/mol. The zero-order valence-electron chi connectivity index (χ0n) is 18.8. The Balaban J connectivity index is 2.02. The van der Waals surface area contributed by atoms with E-state index in [4.69, 9.17) is 17.3 Å². The van der Waals surface area contributed by atoms with Gasteiger partial charge in [-0.2, -0.15) is 0 Å². The van der Waals surface area contributed by atoms with Gasteiger partial charge in [-0.15, -0.1) is 13.2 Å². The Kier molecular flexibility index (Phi) is 6.94. The summed E-state index contributed by atoms with van der Waals surface area (Å²) in [6.07, 6.45) is -0.255. The molecule has 1 unspecified atom stereocenters. The number of carbonyl (C=O) groups is 1. The van der Waals surface area contributed by atoms with Crippen LogP contribution in [0.15, 0.2) is 72.9 Å². The summed E-state index contributed by atoms with van der Waals surface area (Å²) in [5, 5.41) is 3.42. The van der Waals surface area contributed by atoms with Crippen LogP contribution >= 0.6 is 11.6 Å². The first-order chi connectivity index (χ1) is 16.6. The van der Waals surface area contributed by atoms with Gasteiger partial charge >= 0.3 is 12.4 Å². The van der Waals surface area contributed by atoms with Crippen molar-refractivity contribution in [3.05, 3.63) is 94.8 Å². The van der Waals surface area contributed by atoms with Crippen LogP contribution in [0, 0.1) is 0 Å². The second-order valence-corrected chi connectivity index (χ2v) is 9.22. The Bertz CT molecular complexity index is 1170. The van der Waals surface area contributed by atoms with Crippen LogP contribution in [0.3, 0.4) is 0 Å². The number of carbonyl (C=O) groups excluding carboxylic acids is 1. The molecule has 3 aromatic rings. The molecule has 0 saturated heterocycles. The van der Waals surface area contributed by atoms with E-state index in [-0.39, 0.29) is 5.75 Å². The van der Waals surface area contributed by atoms with Gasteiger partial charge in [-0.1, -0.05) is 66.9 Å². The van der Waals surface area contributed by atoms with Crippen molar-refractivity contribution in [3.8, 4) is 5.75 Å². The SMILES string of the molecule is NC(=O)NC1(C(Cc2ccccc2)(c2cccc(OC(F)(F)F)c2)c2ccc(Cl)cn2)CCCC1. The molecule has 2 aromatic carbocycles. The van der Waals surface area contributed by atoms with Crippen LogP contribution in [0.1, 0.15) is 42.5 Å². The zero-order chi connectivity index (χ0) is 25.1. The minimum atomic E-state index is -4.85. The predicted octanol–water partition coefficient (Wildman–Crippen LogP) is 6.14. The van der Waals surface area contributed by atoms with Gasteiger partial charge in [0.15, 0.2) is 0 Å². The summed E-state index contributed by atoms with van der Waals surface area (Å²) in [7, 11) is 0. The molecule has 1 heterocycles. The maximum absolute atomic E-state index is 13.1. The van der Waals surface area contributed by atoms with Crippen LogP contribution in [-0.2, 0) is 11.8 Å². The van der Waals surface area contributed by atoms with Crippen molar-refractivity contribution >= 4 is 17.6 Å². The molecule has 9 heteroatoms. The summed E-state index contributed by atoms with van der Waals surface area (Å²) in [6, 6.07) is 18.2. The molecule has 1 fully saturated rings. The topological polar surface area (TPSA) is 77.2 Å². The van der Waals surface area contributed by atoms with Crippen LogP contribution in [0.2, 0.25) is 5.02 Å². The number of nitrogens with one attached hydrogen (secondary N) is 1. The standard InChI is InChI=1S/C26H25ClF3N3O2/c27-20-11-12-22(32-17-20)25(16-18-7-2-1-3-8-18,24(33-23(31)34)13-4-5-14-24)19-9-6-10-21(15-19)35-26(28,29)30/h1-3,6-12,15,17H,4-5,13-14,16H2,(H3,31,33,34). The lowest BCUT2D eigenvalue weighted by molar-refractivity contribution is -0.274. The molecule has 5 nitrogen and oxygen atoms in total. The van der Waals surface area contributed by atoms with Crippen molar-refractivity contribution < 1.29 is 22.7 Å². The number of halogens is 4. The number of benzene rings is 2. The number of nitrogens with zero attached hydrogens (tertiary/aromatic N) is 1. The normalized spacial score (nSPS) is 16.9. The monoisotopic (exact) mass is 503 g/mol. The fraction of sp³-hybridized carbons (Fsp3) is 0.308. The van der Waals surface area contributed by atoms with E-state index in [0.717, 1.165) is 18.4 Å². The molecule has 1 saturated carbocycles. The quantitative estimate of drug-likeness (QED) is 0.406. The van der Waals surface area contributed by atoms with E-state index in [2.05, 4.69) is 15.0 Å². The number of nitrogens with two attached hydrogens (primary N) is 1. The molecule has 3 N–H and O–H groups in total. The number of ether oxygens (including phenoxy) is 1. The number of alkyl halides is 3. The number of hydrogen-bond acceptors (Lipinski definition) is 3. The third kappa shape index (κ3) is 5.22. The van der Waals surface area contributed by atoms with Crippen molar-refractivity contribution in [3.63, 3.8) is 0 Å². The molecule has 184 valence electrons. The van der Waals surface area contributed by atoms with Crippen molar-refractivity contribution in [1.29, 1.82) is 0 Å². The van der Waals surface area contributed by atoms with E-state index in [1.165, 1.54) is 24.4 Å². The number of rotatable bonds is 7. The highest BCUT2D eigenvalue weighted by atomic mass is 35.5. The summed E-state index contributed by atoms with van der Waals surface area (Å²) in [5.41, 5.74) is 5.69. The van der Waals surface area contributed by atoms with E-state index in [1.807, 2.05) is 30.3 Å². The smallest absolute Gasteiger partial charge is 0.406 e. The Hall–Kier alpha value is -3.26. The van der Waals surface area contributed by atoms with Gasteiger partial charge in [-0.25, -0.2) is 4.79 Å². The molecular formula is C26H25ClF3N3O2. The fourth-order valence-corrected chi connectivity index (χ4v) is 5.50. The van der Waals surface area contributed by atoms with Crippen LogP contribution in [0.25, 0.3) is 0 Å². The lowest BCUT2D eigenvalue weighted by Crippen LogP contribution is -2.63. The highest BCUT2D eigenvalue weighted by Gasteiger charge is 2.56. The van der Waals surface area contributed by atoms with E-state index in [0.29, 0.717) is 35.5 Å². The van der Waals surface area contributed by atoms with E-state index < -0.39 is 23.3 Å². The van der Waals surface area contributed by atoms with Crippen LogP contribution in [-0.4, -0.2) is 22.9 Å². The van der Waals surface area contributed by atoms with E-state index in [9.17, 15) is 18.0 Å². The van der Waals surface area contributed by atoms with Gasteiger partial charge in [0.05, 0.1) is 21.7 Å². The number of hydrogen-bond donors (Lipinski definition) is 2. The van der Waals surface area contributed by atoms with Gasteiger partial charge in [-0.3, -0.25) is 4.98 Å². The van der Waals surface area contributed by atoms with Gasteiger partial charge in [0.25, 0.3) is 0 Å². The van der Waals surface area contributed by atoms with Gasteiger partial charge in [0, 0.05) is 6.20 Å². The largest absolute Gasteiger partial charge is 0.573 e. The van der Waals surface area contributed by atoms with E-state index >= 15 is 0 Å². The first kappa shape index (κ1) is 24.9. The second-order valence-electron chi connectivity index (χ2n) is 8.78. The van der Waals surface area contributed by atoms with Gasteiger partial charge < -0.3 is 15.8 Å². The third-order valence-electron chi connectivity index (χ3n) is 6.67. The van der Waals surface area contributed by atoms with Crippen molar-refractivity contribution in [1.82, 2.24) is 10.3 Å². The van der Waals surface area contributed by atoms with Crippen molar-refractivity contribution in [2.45, 2.75) is 49.4 Å². The lowest BCUT2D eigenvalue weighted by atomic mass is 9.59. The Morgan fingerprint density at radius 1 is 1.06 bits per heavy atom. The first-order valence-electron chi connectivity index (χ1n) is 11.2. The van der Waals surface area contributed by atoms with Crippen LogP contribution in [0.4, 0.5) is 18.0 Å². The molecule has 0 bridgehead atoms. The zero-order valence-corrected chi connectivity index (χ0v) is 19.6. The molecule has 1 aromatic heterocycles. The highest BCUT2D eigenvalue weighted by Crippen LogP contribution is 2.52. The highest BCUT2D eigenvalue weighted by molar-refractivity contribution is 6.30. The summed E-state index contributed by atoms with van der Waals surface area (Å²) in [4.78, 5) is 17.0. The van der Waals surface area contributed by atoms with E-state index in [1.54, 1.807) is 18.2 Å². The Morgan fingerprint density at radius 2 is 1.77 bits per heavy atom. The molecule has 2 amide bonds. The van der Waals surface area contributed by atoms with Crippen LogP contribution in [0.5, 0.6) is 5.75 Å². The molecule has 1 aliphatic rings. The minimum absolute atomic E-state index is 0.345. The average Bonchev–Trinajstić information content (AvgIpc) is 3.27. The van der Waals surface area contributed by atoms with Crippen LogP contribution < -0.4 is 15.8 Å². The molecule has 35 heavy (non-hydrogen) atoms. The molecular weight excluding hydrogens is 479 g/mol. The van der Waals surface area contributed by atoms with Gasteiger partial charge in [0.1, 0.15) is 5.75 Å². The number of urea groups is 1. The average molecular weight is 504 g/mol. The minimum Gasteiger partial charge on any atom is -0.406 e. The fourth-order valence-electron chi connectivity index (χ4n) is 5.39. The Labute approximate surface area is 206 Å². The lowest BCUT2D eigenvalue weighted by Gasteiger charge is -2.49.